The zero-order valence-corrected chi connectivity index (χ0v) is 13.7. The topological polar surface area (TPSA) is 55.1 Å². The number of carbonyl (C=O) groups is 1. The Balaban J connectivity index is 0.00000264. The van der Waals surface area contributed by atoms with Gasteiger partial charge in [-0.05, 0) is 36.8 Å². The molecule has 2 atom stereocenters. The molecule has 3 N–H and O–H groups in total. The van der Waals surface area contributed by atoms with Crippen LogP contribution in [-0.4, -0.2) is 18.5 Å². The summed E-state index contributed by atoms with van der Waals surface area (Å²) in [7, 11) is 0. The molecule has 0 spiro atoms. The molecule has 1 saturated carbocycles. The van der Waals surface area contributed by atoms with Crippen LogP contribution in [-0.2, 0) is 17.4 Å². The Morgan fingerprint density at radius 3 is 2.61 bits per heavy atom. The van der Waals surface area contributed by atoms with Crippen LogP contribution in [0.15, 0.2) is 24.3 Å². The van der Waals surface area contributed by atoms with E-state index >= 15 is 0 Å². The Kier molecular flexibility index (Phi) is 6.89. The van der Waals surface area contributed by atoms with Crippen LogP contribution >= 0.6 is 12.4 Å². The number of hydrogen-bond donors (Lipinski definition) is 2. The van der Waals surface area contributed by atoms with Crippen molar-refractivity contribution in [3.8, 4) is 0 Å². The SMILES string of the molecule is CC(Cc1cccc(C(F)(F)F)c1)C(=O)NCC(N)C1CC1.Cl. The Morgan fingerprint density at radius 1 is 1.39 bits per heavy atom. The lowest BCUT2D eigenvalue weighted by atomic mass is 9.98. The highest BCUT2D eigenvalue weighted by atomic mass is 35.5. The fraction of sp³-hybridized carbons (Fsp3) is 0.562. The van der Waals surface area contributed by atoms with Gasteiger partial charge in [-0.3, -0.25) is 4.79 Å². The van der Waals surface area contributed by atoms with Crippen LogP contribution in [0.5, 0.6) is 0 Å². The van der Waals surface area contributed by atoms with Crippen LogP contribution in [0, 0.1) is 11.8 Å². The summed E-state index contributed by atoms with van der Waals surface area (Å²) in [5.74, 6) is -0.0672. The van der Waals surface area contributed by atoms with Gasteiger partial charge in [0.25, 0.3) is 0 Å². The van der Waals surface area contributed by atoms with E-state index in [0.29, 0.717) is 18.0 Å². The van der Waals surface area contributed by atoms with E-state index in [1.807, 2.05) is 0 Å². The largest absolute Gasteiger partial charge is 0.416 e. The first-order valence-electron chi connectivity index (χ1n) is 7.47. The molecule has 3 nitrogen and oxygen atoms in total. The monoisotopic (exact) mass is 350 g/mol. The molecule has 1 aliphatic carbocycles. The summed E-state index contributed by atoms with van der Waals surface area (Å²) in [6.45, 7) is 2.13. The minimum atomic E-state index is -4.36. The van der Waals surface area contributed by atoms with Crippen molar-refractivity contribution in [2.75, 3.05) is 6.54 Å². The highest BCUT2D eigenvalue weighted by Crippen LogP contribution is 2.31. The maximum Gasteiger partial charge on any atom is 0.416 e. The lowest BCUT2D eigenvalue weighted by molar-refractivity contribution is -0.137. The minimum Gasteiger partial charge on any atom is -0.354 e. The first-order valence-corrected chi connectivity index (χ1v) is 7.47. The number of nitrogens with two attached hydrogens (primary N) is 1. The number of hydrogen-bond acceptors (Lipinski definition) is 2. The third kappa shape index (κ3) is 6.03. The highest BCUT2D eigenvalue weighted by molar-refractivity contribution is 5.85. The Bertz CT molecular complexity index is 532. The number of halogens is 4. The minimum absolute atomic E-state index is 0. The van der Waals surface area contributed by atoms with E-state index < -0.39 is 17.7 Å². The predicted molar refractivity (Wildman–Crippen MR) is 85.3 cm³/mol. The molecular weight excluding hydrogens is 329 g/mol. The number of benzene rings is 1. The van der Waals surface area contributed by atoms with Crippen LogP contribution in [0.4, 0.5) is 13.2 Å². The van der Waals surface area contributed by atoms with Crippen LogP contribution < -0.4 is 11.1 Å². The summed E-state index contributed by atoms with van der Waals surface area (Å²) < 4.78 is 38.0. The van der Waals surface area contributed by atoms with Crippen molar-refractivity contribution in [2.45, 2.75) is 38.4 Å². The van der Waals surface area contributed by atoms with Crippen molar-refractivity contribution < 1.29 is 18.0 Å². The van der Waals surface area contributed by atoms with Crippen molar-refractivity contribution in [1.82, 2.24) is 5.32 Å². The quantitative estimate of drug-likeness (QED) is 0.828. The summed E-state index contributed by atoms with van der Waals surface area (Å²) >= 11 is 0. The van der Waals surface area contributed by atoms with Crippen LogP contribution in [0.1, 0.15) is 30.9 Å². The fourth-order valence-corrected chi connectivity index (χ4v) is 2.40. The molecule has 0 heterocycles. The maximum absolute atomic E-state index is 12.7. The van der Waals surface area contributed by atoms with Crippen molar-refractivity contribution in [1.29, 1.82) is 0 Å². The van der Waals surface area contributed by atoms with E-state index in [0.717, 1.165) is 25.0 Å². The fourth-order valence-electron chi connectivity index (χ4n) is 2.40. The first-order chi connectivity index (χ1) is 10.3. The molecule has 130 valence electrons. The normalized spacial score (nSPS) is 17.1. The molecule has 2 unspecified atom stereocenters. The molecule has 1 aromatic carbocycles. The molecule has 0 aliphatic heterocycles. The molecule has 1 amide bonds. The average molecular weight is 351 g/mol. The molecule has 0 bridgehead atoms. The van der Waals surface area contributed by atoms with E-state index in [2.05, 4.69) is 5.32 Å². The van der Waals surface area contributed by atoms with E-state index in [1.165, 1.54) is 6.07 Å². The van der Waals surface area contributed by atoms with Gasteiger partial charge in [-0.15, -0.1) is 12.4 Å². The number of nitrogens with one attached hydrogen (secondary N) is 1. The number of alkyl halides is 3. The van der Waals surface area contributed by atoms with E-state index in [9.17, 15) is 18.0 Å². The second-order valence-electron chi connectivity index (χ2n) is 6.05. The van der Waals surface area contributed by atoms with Gasteiger partial charge in [0.05, 0.1) is 5.56 Å². The second kappa shape index (κ2) is 8.02. The van der Waals surface area contributed by atoms with E-state index in [-0.39, 0.29) is 30.8 Å². The summed E-state index contributed by atoms with van der Waals surface area (Å²) in [5, 5.41) is 2.78. The van der Waals surface area contributed by atoms with Crippen LogP contribution in [0.3, 0.4) is 0 Å². The van der Waals surface area contributed by atoms with Gasteiger partial charge < -0.3 is 11.1 Å². The van der Waals surface area contributed by atoms with E-state index in [1.54, 1.807) is 13.0 Å². The van der Waals surface area contributed by atoms with Crippen LogP contribution in [0.2, 0.25) is 0 Å². The molecule has 1 aliphatic rings. The van der Waals surface area contributed by atoms with Gasteiger partial charge in [-0.2, -0.15) is 13.2 Å². The summed E-state index contributed by atoms with van der Waals surface area (Å²) in [6, 6.07) is 5.08. The van der Waals surface area contributed by atoms with Crippen molar-refractivity contribution in [2.24, 2.45) is 17.6 Å². The molecule has 7 heteroatoms. The summed E-state index contributed by atoms with van der Waals surface area (Å²) in [6.07, 6.45) is -1.87. The highest BCUT2D eigenvalue weighted by Gasteiger charge is 2.31. The van der Waals surface area contributed by atoms with Crippen LogP contribution in [0.25, 0.3) is 0 Å². The molecule has 23 heavy (non-hydrogen) atoms. The zero-order valence-electron chi connectivity index (χ0n) is 12.9. The Morgan fingerprint density at radius 2 is 2.04 bits per heavy atom. The molecule has 1 fully saturated rings. The first kappa shape index (κ1) is 19.8. The Hall–Kier alpha value is -1.27. The molecular formula is C16H22ClF3N2O. The predicted octanol–water partition coefficient (Wildman–Crippen LogP) is 3.16. The molecule has 0 aromatic heterocycles. The van der Waals surface area contributed by atoms with Gasteiger partial charge in [-0.1, -0.05) is 25.1 Å². The maximum atomic E-state index is 12.7. The Labute approximate surface area is 140 Å². The van der Waals surface area contributed by atoms with Crippen molar-refractivity contribution >= 4 is 18.3 Å². The van der Waals surface area contributed by atoms with Gasteiger partial charge in [0.15, 0.2) is 0 Å². The molecule has 1 aromatic rings. The summed E-state index contributed by atoms with van der Waals surface area (Å²) in [4.78, 5) is 12.0. The lowest BCUT2D eigenvalue weighted by Gasteiger charge is -2.16. The van der Waals surface area contributed by atoms with Gasteiger partial charge in [-0.25, -0.2) is 0 Å². The number of amides is 1. The van der Waals surface area contributed by atoms with Gasteiger partial charge in [0.2, 0.25) is 5.91 Å². The number of rotatable bonds is 6. The van der Waals surface area contributed by atoms with Crippen molar-refractivity contribution in [3.63, 3.8) is 0 Å². The molecule has 0 saturated heterocycles. The molecule has 0 radical (unpaired) electrons. The third-order valence-electron chi connectivity index (χ3n) is 3.98. The van der Waals surface area contributed by atoms with Gasteiger partial charge in [0, 0.05) is 18.5 Å². The smallest absolute Gasteiger partial charge is 0.354 e. The standard InChI is InChI=1S/C16H21F3N2O.ClH/c1-10(15(22)21-9-14(20)12-5-6-12)7-11-3-2-4-13(8-11)16(17,18)19;/h2-4,8,10,12,14H,5-7,9,20H2,1H3,(H,21,22);1H. The third-order valence-corrected chi connectivity index (χ3v) is 3.98. The number of carbonyl (C=O) groups excluding carboxylic acids is 1. The average Bonchev–Trinajstić information content (AvgIpc) is 3.28. The summed E-state index contributed by atoms with van der Waals surface area (Å²) in [5.41, 5.74) is 5.72. The van der Waals surface area contributed by atoms with E-state index in [4.69, 9.17) is 5.73 Å². The molecule has 2 rings (SSSR count). The van der Waals surface area contributed by atoms with Gasteiger partial charge in [0.1, 0.15) is 0 Å². The lowest BCUT2D eigenvalue weighted by Crippen LogP contribution is -2.41. The second-order valence-corrected chi connectivity index (χ2v) is 6.05. The van der Waals surface area contributed by atoms with Crippen molar-refractivity contribution in [3.05, 3.63) is 35.4 Å². The van der Waals surface area contributed by atoms with Gasteiger partial charge >= 0.3 is 6.18 Å². The zero-order chi connectivity index (χ0) is 16.3.